The van der Waals surface area contributed by atoms with Crippen molar-refractivity contribution in [2.24, 2.45) is 0 Å². The van der Waals surface area contributed by atoms with Crippen molar-refractivity contribution in [3.05, 3.63) is 27.1 Å². The summed E-state index contributed by atoms with van der Waals surface area (Å²) in [4.78, 5) is 17.2. The van der Waals surface area contributed by atoms with Gasteiger partial charge in [0.15, 0.2) is 11.5 Å². The molecule has 1 amide bonds. The molecule has 0 radical (unpaired) electrons. The molecule has 0 aliphatic carbocycles. The number of phenolic OH excluding ortho intramolecular Hbond substituents is 1. The van der Waals surface area contributed by atoms with Gasteiger partial charge in [0.25, 0.3) is 5.91 Å². The summed E-state index contributed by atoms with van der Waals surface area (Å²) < 4.78 is 11.6. The smallest absolute Gasteiger partial charge is 0.266 e. The number of benzene rings is 1. The third-order valence-corrected chi connectivity index (χ3v) is 6.17. The summed E-state index contributed by atoms with van der Waals surface area (Å²) in [5, 5.41) is 9.91. The maximum Gasteiger partial charge on any atom is 0.266 e. The van der Waals surface area contributed by atoms with E-state index in [1.54, 1.807) is 23.1 Å². The highest BCUT2D eigenvalue weighted by molar-refractivity contribution is 9.10. The summed E-state index contributed by atoms with van der Waals surface area (Å²) in [5.74, 6) is 0.285. The van der Waals surface area contributed by atoms with Gasteiger partial charge in [-0.3, -0.25) is 14.6 Å². The van der Waals surface area contributed by atoms with Crippen LogP contribution in [0.2, 0.25) is 0 Å². The van der Waals surface area contributed by atoms with Crippen LogP contribution in [-0.4, -0.2) is 71.6 Å². The number of thioether (sulfide) groups is 1. The number of hydrogen-bond donors (Lipinski definition) is 1. The highest BCUT2D eigenvalue weighted by Gasteiger charge is 2.32. The van der Waals surface area contributed by atoms with Crippen molar-refractivity contribution in [3.63, 3.8) is 0 Å². The summed E-state index contributed by atoms with van der Waals surface area (Å²) in [6.07, 6.45) is 1.76. The molecule has 0 bridgehead atoms. The minimum Gasteiger partial charge on any atom is -0.503 e. The van der Waals surface area contributed by atoms with Crippen LogP contribution in [0, 0.1) is 0 Å². The standard InChI is InChI=1S/C17H19BrN2O4S2/c1-23-13-9-11(8-12(18)15(13)21)10-14-16(22)20(17(25)26-14)3-2-19-4-6-24-7-5-19/h8-10,21H,2-7H2,1H3. The van der Waals surface area contributed by atoms with Crippen LogP contribution in [-0.2, 0) is 9.53 Å². The molecule has 2 fully saturated rings. The SMILES string of the molecule is COc1cc(C=C2SC(=S)N(CCN3CCOCC3)C2=O)cc(Br)c1O. The number of aromatic hydroxyl groups is 1. The Balaban J connectivity index is 1.71. The number of carbonyl (C=O) groups excluding carboxylic acids is 1. The van der Waals surface area contributed by atoms with Gasteiger partial charge in [-0.1, -0.05) is 24.0 Å². The molecule has 1 aromatic carbocycles. The van der Waals surface area contributed by atoms with E-state index in [1.807, 2.05) is 0 Å². The Morgan fingerprint density at radius 2 is 2.12 bits per heavy atom. The summed E-state index contributed by atoms with van der Waals surface area (Å²) in [6, 6.07) is 3.42. The van der Waals surface area contributed by atoms with Crippen LogP contribution in [0.25, 0.3) is 6.08 Å². The van der Waals surface area contributed by atoms with E-state index in [0.29, 0.717) is 26.0 Å². The first-order valence-electron chi connectivity index (χ1n) is 8.11. The molecule has 3 rings (SSSR count). The average Bonchev–Trinajstić information content (AvgIpc) is 2.90. The zero-order valence-electron chi connectivity index (χ0n) is 14.2. The van der Waals surface area contributed by atoms with Crippen LogP contribution in [0.15, 0.2) is 21.5 Å². The van der Waals surface area contributed by atoms with E-state index in [1.165, 1.54) is 18.9 Å². The summed E-state index contributed by atoms with van der Waals surface area (Å²) in [6.45, 7) is 4.58. The number of morpholine rings is 1. The maximum absolute atomic E-state index is 12.7. The van der Waals surface area contributed by atoms with Crippen molar-refractivity contribution in [2.75, 3.05) is 46.5 Å². The molecule has 0 aromatic heterocycles. The van der Waals surface area contributed by atoms with E-state index in [9.17, 15) is 9.90 Å². The van der Waals surface area contributed by atoms with Crippen LogP contribution in [0.1, 0.15) is 5.56 Å². The Labute approximate surface area is 170 Å². The van der Waals surface area contributed by atoms with Crippen LogP contribution in [0.4, 0.5) is 0 Å². The number of carbonyl (C=O) groups is 1. The molecule has 9 heteroatoms. The van der Waals surface area contributed by atoms with Gasteiger partial charge in [-0.15, -0.1) is 0 Å². The molecule has 1 N–H and O–H groups in total. The van der Waals surface area contributed by atoms with Gasteiger partial charge in [0, 0.05) is 26.2 Å². The number of rotatable bonds is 5. The van der Waals surface area contributed by atoms with Crippen molar-refractivity contribution >= 4 is 56.2 Å². The Morgan fingerprint density at radius 1 is 1.38 bits per heavy atom. The zero-order valence-corrected chi connectivity index (χ0v) is 17.5. The predicted octanol–water partition coefficient (Wildman–Crippen LogP) is 2.70. The molecule has 2 aliphatic rings. The lowest BCUT2D eigenvalue weighted by Crippen LogP contribution is -2.42. The number of methoxy groups -OCH3 is 1. The van der Waals surface area contributed by atoms with Crippen LogP contribution < -0.4 is 4.74 Å². The molecule has 2 heterocycles. The number of nitrogens with zero attached hydrogens (tertiary/aromatic N) is 2. The van der Waals surface area contributed by atoms with E-state index in [0.717, 1.165) is 38.4 Å². The Morgan fingerprint density at radius 3 is 2.81 bits per heavy atom. The Bertz CT molecular complexity index is 751. The molecule has 1 aromatic rings. The topological polar surface area (TPSA) is 62.2 Å². The average molecular weight is 459 g/mol. The molecule has 0 spiro atoms. The monoisotopic (exact) mass is 458 g/mol. The second kappa shape index (κ2) is 8.71. The highest BCUT2D eigenvalue weighted by Crippen LogP contribution is 2.38. The first-order valence-corrected chi connectivity index (χ1v) is 10.1. The van der Waals surface area contributed by atoms with E-state index < -0.39 is 0 Å². The largest absolute Gasteiger partial charge is 0.503 e. The van der Waals surface area contributed by atoms with Gasteiger partial charge in [-0.2, -0.15) is 0 Å². The molecule has 0 saturated carbocycles. The quantitative estimate of drug-likeness (QED) is 0.537. The van der Waals surface area contributed by atoms with E-state index in [4.69, 9.17) is 21.7 Å². The first kappa shape index (κ1) is 19.6. The van der Waals surface area contributed by atoms with Crippen molar-refractivity contribution < 1.29 is 19.4 Å². The lowest BCUT2D eigenvalue weighted by molar-refractivity contribution is -0.122. The fraction of sp³-hybridized carbons (Fsp3) is 0.412. The first-order chi connectivity index (χ1) is 12.5. The van der Waals surface area contributed by atoms with Crippen LogP contribution in [0.5, 0.6) is 11.5 Å². The predicted molar refractivity (Wildman–Crippen MR) is 109 cm³/mol. The Kier molecular flexibility index (Phi) is 6.57. The van der Waals surface area contributed by atoms with Crippen LogP contribution >= 0.6 is 39.9 Å². The molecular formula is C17H19BrN2O4S2. The third-order valence-electron chi connectivity index (χ3n) is 4.19. The van der Waals surface area contributed by atoms with Gasteiger partial charge in [-0.25, -0.2) is 0 Å². The van der Waals surface area contributed by atoms with Gasteiger partial charge in [0.2, 0.25) is 0 Å². The molecule has 0 unspecified atom stereocenters. The van der Waals surface area contributed by atoms with E-state index in [2.05, 4.69) is 20.8 Å². The minimum absolute atomic E-state index is 0.0303. The molecule has 2 aliphatic heterocycles. The van der Waals surface area contributed by atoms with Gasteiger partial charge < -0.3 is 14.6 Å². The van der Waals surface area contributed by atoms with Crippen molar-refractivity contribution in [1.29, 1.82) is 0 Å². The van der Waals surface area contributed by atoms with Crippen molar-refractivity contribution in [2.45, 2.75) is 0 Å². The second-order valence-corrected chi connectivity index (χ2v) is 8.37. The number of amides is 1. The summed E-state index contributed by atoms with van der Waals surface area (Å²) in [7, 11) is 1.48. The normalized spacial score (nSPS) is 20.2. The van der Waals surface area contributed by atoms with Crippen molar-refractivity contribution in [1.82, 2.24) is 9.80 Å². The lowest BCUT2D eigenvalue weighted by atomic mass is 10.2. The minimum atomic E-state index is -0.0866. The Hall–Kier alpha value is -1.13. The zero-order chi connectivity index (χ0) is 18.7. The summed E-state index contributed by atoms with van der Waals surface area (Å²) >= 11 is 9.97. The number of phenols is 1. The number of thiocarbonyl (C=S) groups is 1. The molecule has 26 heavy (non-hydrogen) atoms. The fourth-order valence-electron chi connectivity index (χ4n) is 2.74. The fourth-order valence-corrected chi connectivity index (χ4v) is 4.51. The highest BCUT2D eigenvalue weighted by atomic mass is 79.9. The summed E-state index contributed by atoms with van der Waals surface area (Å²) in [5.41, 5.74) is 0.750. The van der Waals surface area contributed by atoms with Gasteiger partial charge in [0.05, 0.1) is 29.7 Å². The van der Waals surface area contributed by atoms with Gasteiger partial charge in [0.1, 0.15) is 4.32 Å². The molecule has 0 atom stereocenters. The molecule has 140 valence electrons. The van der Waals surface area contributed by atoms with Gasteiger partial charge >= 0.3 is 0 Å². The lowest BCUT2D eigenvalue weighted by Gasteiger charge is -2.28. The van der Waals surface area contributed by atoms with Crippen LogP contribution in [0.3, 0.4) is 0 Å². The number of ether oxygens (including phenoxy) is 2. The number of hydrogen-bond acceptors (Lipinski definition) is 7. The molecule has 2 saturated heterocycles. The second-order valence-electron chi connectivity index (χ2n) is 5.84. The third kappa shape index (κ3) is 4.40. The molecule has 6 nitrogen and oxygen atoms in total. The number of halogens is 1. The molecular weight excluding hydrogens is 440 g/mol. The maximum atomic E-state index is 12.7. The van der Waals surface area contributed by atoms with Gasteiger partial charge in [-0.05, 0) is 39.7 Å². The van der Waals surface area contributed by atoms with Crippen molar-refractivity contribution in [3.8, 4) is 11.5 Å². The van der Waals surface area contributed by atoms with E-state index in [-0.39, 0.29) is 11.7 Å². The van der Waals surface area contributed by atoms with E-state index >= 15 is 0 Å².